The molecular weight excluding hydrogens is 440 g/mol. The summed E-state index contributed by atoms with van der Waals surface area (Å²) >= 11 is 6.43. The van der Waals surface area contributed by atoms with Crippen LogP contribution in [-0.4, -0.2) is 16.9 Å². The summed E-state index contributed by atoms with van der Waals surface area (Å²) in [6.07, 6.45) is 0. The molecule has 0 bridgehead atoms. The van der Waals surface area contributed by atoms with Crippen molar-refractivity contribution in [2.45, 2.75) is 13.8 Å². The van der Waals surface area contributed by atoms with Crippen molar-refractivity contribution in [1.29, 1.82) is 0 Å². The van der Waals surface area contributed by atoms with E-state index < -0.39 is 0 Å². The summed E-state index contributed by atoms with van der Waals surface area (Å²) < 4.78 is 0.942. The lowest BCUT2D eigenvalue weighted by molar-refractivity contribution is -0.118. The molecule has 0 heterocycles. The summed E-state index contributed by atoms with van der Waals surface area (Å²) in [5.74, 6) is -0.412. The Balaban J connectivity index is 2.09. The molecule has 5 nitrogen and oxygen atoms in total. The maximum absolute atomic E-state index is 12.3. The average molecular weight is 456 g/mol. The number of aromatic hydroxyl groups is 1. The van der Waals surface area contributed by atoms with Crippen molar-refractivity contribution in [2.75, 3.05) is 10.6 Å². The molecule has 7 heteroatoms. The van der Waals surface area contributed by atoms with E-state index in [2.05, 4.69) is 42.5 Å². The van der Waals surface area contributed by atoms with Gasteiger partial charge in [-0.2, -0.15) is 0 Å². The number of amides is 2. The number of halogens is 2. The van der Waals surface area contributed by atoms with E-state index in [-0.39, 0.29) is 23.5 Å². The van der Waals surface area contributed by atoms with E-state index in [0.29, 0.717) is 25.9 Å². The SMILES string of the molecule is CC(C)C(=O)Nc1ccc(C(=O)Nc2cc(Br)c(O)c(Br)c2)cc1. The third-order valence-electron chi connectivity index (χ3n) is 3.21. The van der Waals surface area contributed by atoms with E-state index >= 15 is 0 Å². The van der Waals surface area contributed by atoms with E-state index in [1.165, 1.54) is 0 Å². The van der Waals surface area contributed by atoms with E-state index in [4.69, 9.17) is 0 Å². The first-order chi connectivity index (χ1) is 11.3. The van der Waals surface area contributed by atoms with Gasteiger partial charge in [-0.15, -0.1) is 0 Å². The smallest absolute Gasteiger partial charge is 0.255 e. The number of phenols is 1. The van der Waals surface area contributed by atoms with Gasteiger partial charge in [0.15, 0.2) is 0 Å². The normalized spacial score (nSPS) is 10.5. The second kappa shape index (κ2) is 7.81. The standard InChI is InChI=1S/C17H16Br2N2O3/c1-9(2)16(23)20-11-5-3-10(4-6-11)17(24)21-12-7-13(18)15(22)14(19)8-12/h3-9,22H,1-2H3,(H,20,23)(H,21,24). The van der Waals surface area contributed by atoms with Gasteiger partial charge in [0.25, 0.3) is 5.91 Å². The topological polar surface area (TPSA) is 78.4 Å². The van der Waals surface area contributed by atoms with Crippen LogP contribution in [0.4, 0.5) is 11.4 Å². The molecule has 2 aromatic carbocycles. The van der Waals surface area contributed by atoms with E-state index in [0.717, 1.165) is 0 Å². The van der Waals surface area contributed by atoms with Gasteiger partial charge in [0.2, 0.25) is 5.91 Å². The lowest BCUT2D eigenvalue weighted by atomic mass is 10.1. The molecule has 0 aliphatic heterocycles. The van der Waals surface area contributed by atoms with Crippen molar-refractivity contribution in [3.8, 4) is 5.75 Å². The number of rotatable bonds is 4. The van der Waals surface area contributed by atoms with Crippen molar-refractivity contribution in [3.05, 3.63) is 50.9 Å². The Morgan fingerprint density at radius 1 is 0.958 bits per heavy atom. The first-order valence-electron chi connectivity index (χ1n) is 7.18. The minimum Gasteiger partial charge on any atom is -0.506 e. The van der Waals surface area contributed by atoms with Crippen LogP contribution in [-0.2, 0) is 4.79 Å². The second-order valence-corrected chi connectivity index (χ2v) is 7.17. The Kier molecular flexibility index (Phi) is 6.01. The van der Waals surface area contributed by atoms with Crippen LogP contribution in [0, 0.1) is 5.92 Å². The second-order valence-electron chi connectivity index (χ2n) is 5.46. The van der Waals surface area contributed by atoms with Crippen molar-refractivity contribution < 1.29 is 14.7 Å². The molecule has 126 valence electrons. The third kappa shape index (κ3) is 4.58. The molecule has 0 spiro atoms. The fraction of sp³-hybridized carbons (Fsp3) is 0.176. The Morgan fingerprint density at radius 2 is 1.50 bits per heavy atom. The molecule has 0 atom stereocenters. The van der Waals surface area contributed by atoms with Gasteiger partial charge < -0.3 is 15.7 Å². The van der Waals surface area contributed by atoms with Crippen molar-refractivity contribution in [3.63, 3.8) is 0 Å². The number of hydrogen-bond acceptors (Lipinski definition) is 3. The molecule has 2 amide bonds. The predicted octanol–water partition coefficient (Wildman–Crippen LogP) is 4.76. The molecule has 3 N–H and O–H groups in total. The largest absolute Gasteiger partial charge is 0.506 e. The van der Waals surface area contributed by atoms with Crippen LogP contribution in [0.25, 0.3) is 0 Å². The average Bonchev–Trinajstić information content (AvgIpc) is 2.53. The van der Waals surface area contributed by atoms with Gasteiger partial charge in [0, 0.05) is 22.9 Å². The van der Waals surface area contributed by atoms with Crippen molar-refractivity contribution >= 4 is 55.0 Å². The maximum Gasteiger partial charge on any atom is 0.255 e. The summed E-state index contributed by atoms with van der Waals surface area (Å²) in [5, 5.41) is 15.2. The lowest BCUT2D eigenvalue weighted by Gasteiger charge is -2.10. The highest BCUT2D eigenvalue weighted by atomic mass is 79.9. The Bertz CT molecular complexity index is 751. The van der Waals surface area contributed by atoms with Gasteiger partial charge in [-0.1, -0.05) is 13.8 Å². The number of nitrogens with one attached hydrogen (secondary N) is 2. The van der Waals surface area contributed by atoms with Crippen LogP contribution >= 0.6 is 31.9 Å². The molecule has 0 aromatic heterocycles. The number of phenolic OH excluding ortho intramolecular Hbond substituents is 1. The molecule has 2 aromatic rings. The summed E-state index contributed by atoms with van der Waals surface area (Å²) in [6.45, 7) is 3.62. The van der Waals surface area contributed by atoms with Crippen molar-refractivity contribution in [1.82, 2.24) is 0 Å². The van der Waals surface area contributed by atoms with Gasteiger partial charge in [-0.05, 0) is 68.3 Å². The van der Waals surface area contributed by atoms with Gasteiger partial charge >= 0.3 is 0 Å². The zero-order valence-electron chi connectivity index (χ0n) is 13.1. The molecule has 0 radical (unpaired) electrons. The quantitative estimate of drug-likeness (QED) is 0.581. The lowest BCUT2D eigenvalue weighted by Crippen LogP contribution is -2.18. The van der Waals surface area contributed by atoms with E-state index in [1.807, 2.05) is 13.8 Å². The highest BCUT2D eigenvalue weighted by Crippen LogP contribution is 2.35. The molecule has 0 fully saturated rings. The van der Waals surface area contributed by atoms with Crippen LogP contribution in [0.3, 0.4) is 0 Å². The fourth-order valence-corrected chi connectivity index (χ4v) is 3.02. The van der Waals surface area contributed by atoms with Crippen LogP contribution in [0.5, 0.6) is 5.75 Å². The number of carbonyl (C=O) groups excluding carboxylic acids is 2. The number of carbonyl (C=O) groups is 2. The Morgan fingerprint density at radius 3 is 2.00 bits per heavy atom. The third-order valence-corrected chi connectivity index (χ3v) is 4.42. The molecule has 0 aliphatic rings. The number of hydrogen-bond donors (Lipinski definition) is 3. The van der Waals surface area contributed by atoms with Gasteiger partial charge in [0.05, 0.1) is 8.95 Å². The van der Waals surface area contributed by atoms with Crippen LogP contribution in [0.1, 0.15) is 24.2 Å². The molecule has 0 saturated carbocycles. The summed E-state index contributed by atoms with van der Waals surface area (Å²) in [6, 6.07) is 9.84. The van der Waals surface area contributed by atoms with Crippen LogP contribution < -0.4 is 10.6 Å². The Labute approximate surface area is 156 Å². The van der Waals surface area contributed by atoms with E-state index in [1.54, 1.807) is 36.4 Å². The summed E-state index contributed by atoms with van der Waals surface area (Å²) in [4.78, 5) is 23.9. The first kappa shape index (κ1) is 18.5. The van der Waals surface area contributed by atoms with Crippen LogP contribution in [0.15, 0.2) is 45.3 Å². The van der Waals surface area contributed by atoms with Crippen molar-refractivity contribution in [2.24, 2.45) is 5.92 Å². The first-order valence-corrected chi connectivity index (χ1v) is 8.77. The van der Waals surface area contributed by atoms with Gasteiger partial charge in [-0.25, -0.2) is 0 Å². The predicted molar refractivity (Wildman–Crippen MR) is 101 cm³/mol. The molecule has 2 rings (SSSR count). The molecule has 0 saturated heterocycles. The van der Waals surface area contributed by atoms with E-state index in [9.17, 15) is 14.7 Å². The Hall–Kier alpha value is -1.86. The van der Waals surface area contributed by atoms with Gasteiger partial charge in [-0.3, -0.25) is 9.59 Å². The summed E-state index contributed by atoms with van der Waals surface area (Å²) in [7, 11) is 0. The zero-order valence-corrected chi connectivity index (χ0v) is 16.2. The zero-order chi connectivity index (χ0) is 17.9. The highest BCUT2D eigenvalue weighted by molar-refractivity contribution is 9.11. The summed E-state index contributed by atoms with van der Waals surface area (Å²) in [5.41, 5.74) is 1.63. The molecular formula is C17H16Br2N2O3. The molecule has 0 unspecified atom stereocenters. The number of benzene rings is 2. The van der Waals surface area contributed by atoms with Crippen LogP contribution in [0.2, 0.25) is 0 Å². The molecule has 24 heavy (non-hydrogen) atoms. The minimum absolute atomic E-state index is 0.0678. The molecule has 0 aliphatic carbocycles. The maximum atomic E-state index is 12.3. The van der Waals surface area contributed by atoms with Gasteiger partial charge in [0.1, 0.15) is 5.75 Å². The highest BCUT2D eigenvalue weighted by Gasteiger charge is 2.11. The monoisotopic (exact) mass is 454 g/mol. The number of anilines is 2. The fourth-order valence-electron chi connectivity index (χ4n) is 1.83. The minimum atomic E-state index is -0.291.